The molecule has 1 aliphatic heterocycles. The molecule has 5 aromatic rings. The normalized spacial score (nSPS) is 13.6. The third-order valence-corrected chi connectivity index (χ3v) is 6.81. The number of carboxylic acids is 1. The van der Waals surface area contributed by atoms with Gasteiger partial charge < -0.3 is 36.0 Å². The first kappa shape index (κ1) is 26.6. The number of nitrogens with one attached hydrogen (secondary N) is 2. The first-order chi connectivity index (χ1) is 19.4. The minimum absolute atomic E-state index is 0.217. The van der Waals surface area contributed by atoms with Crippen LogP contribution in [-0.2, 0) is 4.79 Å². The average molecular weight is 543 g/mol. The molecule has 12 heteroatoms. The molecule has 0 bridgehead atoms. The van der Waals surface area contributed by atoms with Crippen LogP contribution < -0.4 is 26.2 Å². The van der Waals surface area contributed by atoms with Crippen molar-refractivity contribution in [3.05, 3.63) is 60.6 Å². The van der Waals surface area contributed by atoms with Crippen LogP contribution in [0.5, 0.6) is 5.75 Å². The van der Waals surface area contributed by atoms with Gasteiger partial charge in [0.25, 0.3) is 5.91 Å². The van der Waals surface area contributed by atoms with E-state index in [9.17, 15) is 4.79 Å². The number of carboxylic acid groups (broad SMARTS) is 1. The van der Waals surface area contributed by atoms with Crippen LogP contribution in [0.1, 0.15) is 36.2 Å². The fraction of sp³-hybridized carbons (Fsp3) is 0.250. The molecule has 1 amide bonds. The van der Waals surface area contributed by atoms with E-state index in [1.807, 2.05) is 47.3 Å². The summed E-state index contributed by atoms with van der Waals surface area (Å²) < 4.78 is 7.64. The first-order valence-electron chi connectivity index (χ1n) is 12.9. The Bertz CT molecular complexity index is 1680. The van der Waals surface area contributed by atoms with Crippen LogP contribution in [-0.4, -0.2) is 56.8 Å². The van der Waals surface area contributed by atoms with Gasteiger partial charge in [0.1, 0.15) is 23.6 Å². The highest BCUT2D eigenvalue weighted by molar-refractivity contribution is 6.07. The zero-order valence-electron chi connectivity index (χ0n) is 22.2. The van der Waals surface area contributed by atoms with E-state index in [2.05, 4.69) is 25.6 Å². The molecule has 206 valence electrons. The largest absolute Gasteiger partial charge is 0.550 e. The average Bonchev–Trinajstić information content (AvgIpc) is 3.59. The lowest BCUT2D eigenvalue weighted by Crippen LogP contribution is -2.86. The van der Waals surface area contributed by atoms with Gasteiger partial charge >= 0.3 is 0 Å². The van der Waals surface area contributed by atoms with E-state index in [1.165, 1.54) is 6.33 Å². The molecule has 0 unspecified atom stereocenters. The number of amides is 1. The Kier molecular flexibility index (Phi) is 7.60. The molecule has 6 N–H and O–H groups in total. The molecule has 40 heavy (non-hydrogen) atoms. The summed E-state index contributed by atoms with van der Waals surface area (Å²) in [6, 6.07) is 13.3. The highest BCUT2D eigenvalue weighted by Crippen LogP contribution is 2.36. The maximum Gasteiger partial charge on any atom is 0.255 e. The van der Waals surface area contributed by atoms with Crippen LogP contribution in [0, 0.1) is 0 Å². The predicted octanol–water partition coefficient (Wildman–Crippen LogP) is 1.47. The number of nitrogens with zero attached hydrogens (tertiary/aromatic N) is 4. The van der Waals surface area contributed by atoms with Gasteiger partial charge in [0.05, 0.1) is 37.3 Å². The number of methoxy groups -OCH3 is 1. The van der Waals surface area contributed by atoms with Crippen LogP contribution in [0.15, 0.2) is 55.0 Å². The number of anilines is 2. The predicted molar refractivity (Wildman–Crippen MR) is 149 cm³/mol. The van der Waals surface area contributed by atoms with Crippen LogP contribution >= 0.6 is 0 Å². The van der Waals surface area contributed by atoms with E-state index < -0.39 is 5.97 Å². The highest BCUT2D eigenvalue weighted by Gasteiger charge is 2.25. The molecule has 12 nitrogen and oxygen atoms in total. The number of H-pyrrole nitrogens is 1. The van der Waals surface area contributed by atoms with Gasteiger partial charge in [-0.05, 0) is 43.3 Å². The monoisotopic (exact) mass is 542 g/mol. The summed E-state index contributed by atoms with van der Waals surface area (Å²) in [6.45, 7) is 3.09. The minimum Gasteiger partial charge on any atom is -0.550 e. The van der Waals surface area contributed by atoms with Crippen LogP contribution in [0.2, 0.25) is 0 Å². The summed E-state index contributed by atoms with van der Waals surface area (Å²) in [5.74, 6) is -0.389. The molecule has 2 aromatic carbocycles. The van der Waals surface area contributed by atoms with Crippen molar-refractivity contribution in [3.8, 4) is 17.0 Å². The van der Waals surface area contributed by atoms with Crippen LogP contribution in [0.3, 0.4) is 0 Å². The van der Waals surface area contributed by atoms with Crippen LogP contribution in [0.4, 0.5) is 11.5 Å². The SMILES string of the molecule is CC(=O)[O-].COc1cc(-c2nn(C3CC[NH2+]CC3)c3ncnc(N)c23)ccc1NC(=O)c1ccc2[nH]ccc2c1. The number of aromatic amines is 1. The number of carbonyl (C=O) groups excluding carboxylic acids is 2. The van der Waals surface area contributed by atoms with E-state index in [1.54, 1.807) is 13.2 Å². The Morgan fingerprint density at radius 2 is 1.93 bits per heavy atom. The number of hydrogen-bond acceptors (Lipinski definition) is 8. The lowest BCUT2D eigenvalue weighted by molar-refractivity contribution is -0.664. The Hall–Kier alpha value is -4.97. The van der Waals surface area contributed by atoms with Crippen molar-refractivity contribution in [2.75, 3.05) is 31.2 Å². The van der Waals surface area contributed by atoms with Crippen LogP contribution in [0.25, 0.3) is 33.2 Å². The van der Waals surface area contributed by atoms with Crippen molar-refractivity contribution in [2.45, 2.75) is 25.8 Å². The number of ether oxygens (including phenoxy) is 1. The summed E-state index contributed by atoms with van der Waals surface area (Å²) in [7, 11) is 1.58. The number of aromatic nitrogens is 5. The fourth-order valence-corrected chi connectivity index (χ4v) is 4.94. The van der Waals surface area contributed by atoms with E-state index in [0.717, 1.165) is 60.4 Å². The van der Waals surface area contributed by atoms with Gasteiger partial charge in [0.2, 0.25) is 0 Å². The topological polar surface area (TPSA) is 180 Å². The second-order valence-corrected chi connectivity index (χ2v) is 9.49. The number of quaternary nitrogens is 1. The van der Waals surface area contributed by atoms with Crippen molar-refractivity contribution in [1.29, 1.82) is 0 Å². The maximum atomic E-state index is 13.0. The van der Waals surface area contributed by atoms with Gasteiger partial charge in [-0.1, -0.05) is 6.07 Å². The van der Waals surface area contributed by atoms with Gasteiger partial charge in [0.15, 0.2) is 5.65 Å². The number of aliphatic carboxylic acids is 1. The second-order valence-electron chi connectivity index (χ2n) is 9.49. The lowest BCUT2D eigenvalue weighted by Gasteiger charge is -2.21. The summed E-state index contributed by atoms with van der Waals surface area (Å²) in [4.78, 5) is 33.7. The number of benzene rings is 2. The summed E-state index contributed by atoms with van der Waals surface area (Å²) in [5.41, 5.74) is 10.7. The van der Waals surface area contributed by atoms with Crippen molar-refractivity contribution < 1.29 is 24.7 Å². The second kappa shape index (κ2) is 11.4. The van der Waals surface area contributed by atoms with Gasteiger partial charge in [0, 0.05) is 47.0 Å². The van der Waals surface area contributed by atoms with E-state index in [-0.39, 0.29) is 11.9 Å². The molecule has 1 fully saturated rings. The molecular formula is C28H30N8O4. The number of nitrogen functional groups attached to an aromatic ring is 1. The number of rotatable bonds is 5. The van der Waals surface area contributed by atoms with Crippen molar-refractivity contribution in [3.63, 3.8) is 0 Å². The number of piperidine rings is 1. The lowest BCUT2D eigenvalue weighted by atomic mass is 10.1. The van der Waals surface area contributed by atoms with E-state index >= 15 is 0 Å². The number of carbonyl (C=O) groups is 2. The molecule has 0 spiro atoms. The third-order valence-electron chi connectivity index (χ3n) is 6.81. The number of hydrogen-bond donors (Lipinski definition) is 4. The molecule has 6 rings (SSSR count). The molecule has 0 saturated carbocycles. The van der Waals surface area contributed by atoms with Gasteiger partial charge in [-0.15, -0.1) is 0 Å². The van der Waals surface area contributed by atoms with Gasteiger partial charge in [-0.2, -0.15) is 5.10 Å². The quantitative estimate of drug-likeness (QED) is 0.258. The minimum atomic E-state index is -1.08. The highest BCUT2D eigenvalue weighted by atomic mass is 16.5. The van der Waals surface area contributed by atoms with Gasteiger partial charge in [-0.25, -0.2) is 14.6 Å². The first-order valence-corrected chi connectivity index (χ1v) is 12.9. The Labute approximate surface area is 229 Å². The van der Waals surface area contributed by atoms with E-state index in [0.29, 0.717) is 28.5 Å². The zero-order chi connectivity index (χ0) is 28.2. The molecule has 0 radical (unpaired) electrons. The van der Waals surface area contributed by atoms with Crippen molar-refractivity contribution in [1.82, 2.24) is 24.7 Å². The summed E-state index contributed by atoms with van der Waals surface area (Å²) >= 11 is 0. The molecular weight excluding hydrogens is 512 g/mol. The van der Waals surface area contributed by atoms with Crippen molar-refractivity contribution in [2.24, 2.45) is 0 Å². The standard InChI is InChI=1S/C26H26N8O2.C2H4O2/c1-36-21-13-16(2-5-20(21)32-26(35)17-3-4-19-15(12-17)6-11-29-19)23-22-24(27)30-14-31-25(22)34(33-23)18-7-9-28-10-8-18;1-2(3)4/h2-6,11-14,18,28-29H,7-10H2,1H3,(H,32,35)(H2,27,30,31);1H3,(H,3,4). The zero-order valence-corrected chi connectivity index (χ0v) is 22.2. The molecule has 3 aromatic heterocycles. The summed E-state index contributed by atoms with van der Waals surface area (Å²) in [6.07, 6.45) is 5.37. The number of fused-ring (bicyclic) bond motifs is 2. The smallest absolute Gasteiger partial charge is 0.255 e. The summed E-state index contributed by atoms with van der Waals surface area (Å²) in [5, 5.41) is 20.8. The number of nitrogens with two attached hydrogens (primary N) is 2. The fourth-order valence-electron chi connectivity index (χ4n) is 4.94. The molecule has 4 heterocycles. The Balaban J connectivity index is 0.000000758. The molecule has 1 saturated heterocycles. The van der Waals surface area contributed by atoms with Gasteiger partial charge in [-0.3, -0.25) is 4.79 Å². The third kappa shape index (κ3) is 5.43. The molecule has 0 atom stereocenters. The molecule has 1 aliphatic rings. The van der Waals surface area contributed by atoms with E-state index in [4.69, 9.17) is 25.5 Å². The molecule has 0 aliphatic carbocycles. The van der Waals surface area contributed by atoms with Crippen molar-refractivity contribution >= 4 is 45.3 Å². The Morgan fingerprint density at radius 1 is 1.15 bits per heavy atom. The maximum absolute atomic E-state index is 13.0. The Morgan fingerprint density at radius 3 is 2.67 bits per heavy atom.